The summed E-state index contributed by atoms with van der Waals surface area (Å²) in [6, 6.07) is 1.44. The molecule has 2 aliphatic rings. The van der Waals surface area contributed by atoms with Gasteiger partial charge in [-0.1, -0.05) is 27.7 Å². The molecule has 2 saturated heterocycles. The van der Waals surface area contributed by atoms with Gasteiger partial charge in [-0.25, -0.2) is 0 Å². The quantitative estimate of drug-likeness (QED) is 0.824. The van der Waals surface area contributed by atoms with Gasteiger partial charge in [-0.15, -0.1) is 0 Å². The molecule has 2 rings (SSSR count). The van der Waals surface area contributed by atoms with Crippen LogP contribution in [0.25, 0.3) is 0 Å². The summed E-state index contributed by atoms with van der Waals surface area (Å²) in [5.41, 5.74) is 0.349. The van der Waals surface area contributed by atoms with Crippen molar-refractivity contribution < 1.29 is 0 Å². The first-order chi connectivity index (χ1) is 9.00. The highest BCUT2D eigenvalue weighted by atomic mass is 15.3. The molecular formula is C16H33N3. The predicted octanol–water partition coefficient (Wildman–Crippen LogP) is 2.18. The van der Waals surface area contributed by atoms with Gasteiger partial charge in [0.2, 0.25) is 0 Å². The van der Waals surface area contributed by atoms with Gasteiger partial charge in [0.25, 0.3) is 0 Å². The van der Waals surface area contributed by atoms with Crippen LogP contribution in [0.1, 0.15) is 47.0 Å². The molecule has 3 nitrogen and oxygen atoms in total. The van der Waals surface area contributed by atoms with Crippen LogP contribution < -0.4 is 5.32 Å². The summed E-state index contributed by atoms with van der Waals surface area (Å²) in [6.45, 7) is 16.8. The van der Waals surface area contributed by atoms with Gasteiger partial charge in [-0.2, -0.15) is 0 Å². The van der Waals surface area contributed by atoms with Crippen molar-refractivity contribution in [3.05, 3.63) is 0 Å². The first kappa shape index (κ1) is 15.3. The lowest BCUT2D eigenvalue weighted by Crippen LogP contribution is -2.48. The standard InChI is InChI=1S/C16H33N3/c1-5-17-15(16(2,3)4)13-18-11-8-14(12-18)19-9-6-7-10-19/h14-15,17H,5-13H2,1-4H3. The third kappa shape index (κ3) is 4.17. The van der Waals surface area contributed by atoms with Crippen molar-refractivity contribution in [3.8, 4) is 0 Å². The molecule has 0 radical (unpaired) electrons. The van der Waals surface area contributed by atoms with Crippen molar-refractivity contribution in [2.24, 2.45) is 5.41 Å². The van der Waals surface area contributed by atoms with Crippen molar-refractivity contribution in [2.45, 2.75) is 59.0 Å². The van der Waals surface area contributed by atoms with Crippen molar-refractivity contribution >= 4 is 0 Å². The summed E-state index contributed by atoms with van der Waals surface area (Å²) in [5, 5.41) is 3.68. The van der Waals surface area contributed by atoms with Crippen molar-refractivity contribution in [2.75, 3.05) is 39.3 Å². The van der Waals surface area contributed by atoms with Gasteiger partial charge in [-0.05, 0) is 50.9 Å². The number of rotatable bonds is 5. The maximum atomic E-state index is 3.68. The molecule has 0 spiro atoms. The van der Waals surface area contributed by atoms with E-state index in [0.29, 0.717) is 11.5 Å². The molecule has 2 heterocycles. The van der Waals surface area contributed by atoms with Crippen LogP contribution in [0.5, 0.6) is 0 Å². The predicted molar refractivity (Wildman–Crippen MR) is 82.6 cm³/mol. The van der Waals surface area contributed by atoms with E-state index in [4.69, 9.17) is 0 Å². The van der Waals surface area contributed by atoms with Crippen LogP contribution in [0.4, 0.5) is 0 Å². The SMILES string of the molecule is CCNC(CN1CCC(N2CCCC2)C1)C(C)(C)C. The van der Waals surface area contributed by atoms with E-state index in [1.165, 1.54) is 52.0 Å². The maximum Gasteiger partial charge on any atom is 0.0243 e. The summed E-state index contributed by atoms with van der Waals surface area (Å²) in [5.74, 6) is 0. The molecule has 1 N–H and O–H groups in total. The summed E-state index contributed by atoms with van der Waals surface area (Å²) in [4.78, 5) is 5.40. The molecule has 0 aromatic heterocycles. The van der Waals surface area contributed by atoms with E-state index in [1.54, 1.807) is 0 Å². The van der Waals surface area contributed by atoms with E-state index in [-0.39, 0.29) is 0 Å². The maximum absolute atomic E-state index is 3.68. The molecule has 2 aliphatic heterocycles. The van der Waals surface area contributed by atoms with Crippen molar-refractivity contribution in [3.63, 3.8) is 0 Å². The fourth-order valence-corrected chi connectivity index (χ4v) is 3.53. The highest BCUT2D eigenvalue weighted by Gasteiger charge is 2.32. The minimum atomic E-state index is 0.349. The van der Waals surface area contributed by atoms with Crippen LogP contribution in [0, 0.1) is 5.41 Å². The average molecular weight is 267 g/mol. The third-order valence-corrected chi connectivity index (χ3v) is 4.84. The minimum absolute atomic E-state index is 0.349. The third-order valence-electron chi connectivity index (χ3n) is 4.84. The van der Waals surface area contributed by atoms with Crippen LogP contribution in [-0.2, 0) is 0 Å². The van der Waals surface area contributed by atoms with E-state index in [2.05, 4.69) is 42.8 Å². The van der Waals surface area contributed by atoms with Gasteiger partial charge >= 0.3 is 0 Å². The Balaban J connectivity index is 1.82. The van der Waals surface area contributed by atoms with Gasteiger partial charge in [-0.3, -0.25) is 4.90 Å². The highest BCUT2D eigenvalue weighted by molar-refractivity contribution is 4.90. The molecule has 2 atom stereocenters. The number of likely N-dealkylation sites (tertiary alicyclic amines) is 2. The first-order valence-electron chi connectivity index (χ1n) is 8.20. The van der Waals surface area contributed by atoms with E-state index in [0.717, 1.165) is 12.6 Å². The molecule has 0 aliphatic carbocycles. The topological polar surface area (TPSA) is 18.5 Å². The molecule has 2 unspecified atom stereocenters. The smallest absolute Gasteiger partial charge is 0.0243 e. The molecule has 0 amide bonds. The zero-order valence-corrected chi connectivity index (χ0v) is 13.4. The number of likely N-dealkylation sites (N-methyl/N-ethyl adjacent to an activating group) is 1. The Hall–Kier alpha value is -0.120. The lowest BCUT2D eigenvalue weighted by molar-refractivity contribution is 0.180. The Morgan fingerprint density at radius 3 is 2.42 bits per heavy atom. The number of hydrogen-bond acceptors (Lipinski definition) is 3. The van der Waals surface area contributed by atoms with Crippen LogP contribution in [-0.4, -0.2) is 61.2 Å². The molecule has 0 bridgehead atoms. The normalized spacial score (nSPS) is 28.1. The molecule has 0 aromatic rings. The van der Waals surface area contributed by atoms with Gasteiger partial charge < -0.3 is 10.2 Å². The molecule has 112 valence electrons. The van der Waals surface area contributed by atoms with Crippen molar-refractivity contribution in [1.82, 2.24) is 15.1 Å². The lowest BCUT2D eigenvalue weighted by atomic mass is 9.86. The molecule has 19 heavy (non-hydrogen) atoms. The zero-order valence-electron chi connectivity index (χ0n) is 13.4. The molecule has 3 heteroatoms. The lowest BCUT2D eigenvalue weighted by Gasteiger charge is -2.35. The average Bonchev–Trinajstić information content (AvgIpc) is 2.97. The number of nitrogens with one attached hydrogen (secondary N) is 1. The molecule has 0 saturated carbocycles. The van der Waals surface area contributed by atoms with Crippen LogP contribution >= 0.6 is 0 Å². The Kier molecular flexibility index (Phi) is 5.27. The van der Waals surface area contributed by atoms with Crippen molar-refractivity contribution in [1.29, 1.82) is 0 Å². The second-order valence-corrected chi connectivity index (χ2v) is 7.42. The van der Waals surface area contributed by atoms with E-state index >= 15 is 0 Å². The fourth-order valence-electron chi connectivity index (χ4n) is 3.53. The van der Waals surface area contributed by atoms with Gasteiger partial charge in [0.15, 0.2) is 0 Å². The highest BCUT2D eigenvalue weighted by Crippen LogP contribution is 2.24. The first-order valence-corrected chi connectivity index (χ1v) is 8.20. The van der Waals surface area contributed by atoms with Crippen LogP contribution in [0.15, 0.2) is 0 Å². The Labute approximate surface area is 119 Å². The second-order valence-electron chi connectivity index (χ2n) is 7.42. The molecular weight excluding hydrogens is 234 g/mol. The Bertz CT molecular complexity index is 266. The monoisotopic (exact) mass is 267 g/mol. The van der Waals surface area contributed by atoms with Crippen LogP contribution in [0.3, 0.4) is 0 Å². The fraction of sp³-hybridized carbons (Fsp3) is 1.00. The molecule has 0 aromatic carbocycles. The summed E-state index contributed by atoms with van der Waals surface area (Å²) < 4.78 is 0. The van der Waals surface area contributed by atoms with Gasteiger partial charge in [0, 0.05) is 25.2 Å². The summed E-state index contributed by atoms with van der Waals surface area (Å²) in [7, 11) is 0. The van der Waals surface area contributed by atoms with E-state index in [1.807, 2.05) is 0 Å². The summed E-state index contributed by atoms with van der Waals surface area (Å²) in [6.07, 6.45) is 4.21. The number of nitrogens with zero attached hydrogens (tertiary/aromatic N) is 2. The number of hydrogen-bond donors (Lipinski definition) is 1. The Morgan fingerprint density at radius 1 is 1.16 bits per heavy atom. The van der Waals surface area contributed by atoms with E-state index < -0.39 is 0 Å². The van der Waals surface area contributed by atoms with Crippen LogP contribution in [0.2, 0.25) is 0 Å². The summed E-state index contributed by atoms with van der Waals surface area (Å²) >= 11 is 0. The Morgan fingerprint density at radius 2 is 1.84 bits per heavy atom. The van der Waals surface area contributed by atoms with Gasteiger partial charge in [0.05, 0.1) is 0 Å². The second kappa shape index (κ2) is 6.55. The van der Waals surface area contributed by atoms with E-state index in [9.17, 15) is 0 Å². The zero-order chi connectivity index (χ0) is 13.9. The molecule has 2 fully saturated rings. The van der Waals surface area contributed by atoms with Gasteiger partial charge in [0.1, 0.15) is 0 Å². The minimum Gasteiger partial charge on any atom is -0.312 e. The largest absolute Gasteiger partial charge is 0.312 e.